The summed E-state index contributed by atoms with van der Waals surface area (Å²) in [7, 11) is 1.62. The first-order chi connectivity index (χ1) is 14.2. The van der Waals surface area contributed by atoms with Crippen molar-refractivity contribution in [3.8, 4) is 11.5 Å². The summed E-state index contributed by atoms with van der Waals surface area (Å²) in [6, 6.07) is 23.4. The molecule has 0 bridgehead atoms. The molecular weight excluding hydrogens is 401 g/mol. The van der Waals surface area contributed by atoms with Crippen molar-refractivity contribution in [2.24, 2.45) is 0 Å². The van der Waals surface area contributed by atoms with Gasteiger partial charge in [0.05, 0.1) is 7.11 Å². The molecule has 0 aliphatic heterocycles. The zero-order valence-corrected chi connectivity index (χ0v) is 18.3. The van der Waals surface area contributed by atoms with E-state index in [4.69, 9.17) is 9.47 Å². The molecule has 3 rings (SSSR count). The lowest BCUT2D eigenvalue weighted by atomic mass is 10.1. The average molecular weight is 430 g/mol. The molecule has 5 heteroatoms. The van der Waals surface area contributed by atoms with E-state index < -0.39 is 0 Å². The second kappa shape index (κ2) is 12.2. The Kier molecular flexibility index (Phi) is 9.65. The molecule has 0 aliphatic rings. The van der Waals surface area contributed by atoms with Gasteiger partial charge in [-0.25, -0.2) is 4.39 Å². The Balaban J connectivity index is 0.00000320. The van der Waals surface area contributed by atoms with E-state index in [0.717, 1.165) is 24.9 Å². The maximum absolute atomic E-state index is 13.8. The fourth-order valence-corrected chi connectivity index (χ4v) is 3.13. The Hall–Kier alpha value is -2.56. The van der Waals surface area contributed by atoms with Gasteiger partial charge in [-0.15, -0.1) is 12.4 Å². The molecule has 0 spiro atoms. The van der Waals surface area contributed by atoms with Crippen LogP contribution in [0.1, 0.15) is 30.0 Å². The Bertz CT molecular complexity index is 905. The molecule has 160 valence electrons. The van der Waals surface area contributed by atoms with Crippen LogP contribution in [-0.4, -0.2) is 13.2 Å². The van der Waals surface area contributed by atoms with Gasteiger partial charge in [-0.3, -0.25) is 0 Å². The molecular formula is C25H29ClFNO2. The number of halogens is 2. The first-order valence-electron chi connectivity index (χ1n) is 9.96. The van der Waals surface area contributed by atoms with Crippen LogP contribution in [0.5, 0.6) is 11.5 Å². The molecule has 0 saturated heterocycles. The van der Waals surface area contributed by atoms with E-state index in [0.29, 0.717) is 23.1 Å². The number of ether oxygens (including phenoxy) is 2. The molecule has 3 aromatic rings. The summed E-state index contributed by atoms with van der Waals surface area (Å²) in [6.07, 6.45) is 2.13. The minimum absolute atomic E-state index is 0. The number of nitrogens with one attached hydrogen (secondary N) is 1. The Morgan fingerprint density at radius 2 is 1.63 bits per heavy atom. The smallest absolute Gasteiger partial charge is 0.161 e. The molecule has 0 fully saturated rings. The average Bonchev–Trinajstić information content (AvgIpc) is 2.76. The summed E-state index contributed by atoms with van der Waals surface area (Å²) in [5, 5.41) is 3.56. The second-order valence-corrected chi connectivity index (χ2v) is 7.17. The van der Waals surface area contributed by atoms with Crippen LogP contribution in [0.15, 0.2) is 72.8 Å². The second-order valence-electron chi connectivity index (χ2n) is 7.17. The number of aryl methyl sites for hydroxylation is 1. The highest BCUT2D eigenvalue weighted by Gasteiger charge is 2.09. The highest BCUT2D eigenvalue weighted by atomic mass is 35.5. The molecule has 0 aliphatic carbocycles. The lowest BCUT2D eigenvalue weighted by Crippen LogP contribution is -2.26. The van der Waals surface area contributed by atoms with Gasteiger partial charge in [-0.1, -0.05) is 54.6 Å². The maximum atomic E-state index is 13.8. The van der Waals surface area contributed by atoms with Gasteiger partial charge >= 0.3 is 0 Å². The summed E-state index contributed by atoms with van der Waals surface area (Å²) in [6.45, 7) is 3.11. The summed E-state index contributed by atoms with van der Waals surface area (Å²) < 4.78 is 25.0. The van der Waals surface area contributed by atoms with Gasteiger partial charge in [0.2, 0.25) is 0 Å². The summed E-state index contributed by atoms with van der Waals surface area (Å²) >= 11 is 0. The van der Waals surface area contributed by atoms with E-state index in [2.05, 4.69) is 36.5 Å². The standard InChI is InChI=1S/C25H28FNO2.ClH/c1-19(12-13-20-8-4-3-5-9-20)27-17-21-14-15-24(25(16-21)28-2)29-18-22-10-6-7-11-23(22)26;/h3-11,14-16,19,27H,12-13,17-18H2,1-2H3;1H. The van der Waals surface area contributed by atoms with Gasteiger partial charge in [0.25, 0.3) is 0 Å². The van der Waals surface area contributed by atoms with Crippen LogP contribution in [0.4, 0.5) is 4.39 Å². The predicted molar refractivity (Wildman–Crippen MR) is 122 cm³/mol. The third-order valence-corrected chi connectivity index (χ3v) is 4.93. The van der Waals surface area contributed by atoms with Crippen LogP contribution >= 0.6 is 12.4 Å². The van der Waals surface area contributed by atoms with Crippen LogP contribution in [0, 0.1) is 5.82 Å². The Morgan fingerprint density at radius 3 is 2.37 bits per heavy atom. The van der Waals surface area contributed by atoms with Crippen LogP contribution in [-0.2, 0) is 19.6 Å². The Labute approximate surface area is 184 Å². The number of hydrogen-bond donors (Lipinski definition) is 1. The van der Waals surface area contributed by atoms with E-state index in [1.165, 1.54) is 11.6 Å². The molecule has 1 atom stereocenters. The zero-order valence-electron chi connectivity index (χ0n) is 17.4. The summed E-state index contributed by atoms with van der Waals surface area (Å²) in [4.78, 5) is 0. The van der Waals surface area contributed by atoms with Crippen molar-refractivity contribution in [3.05, 3.63) is 95.3 Å². The first kappa shape index (κ1) is 23.7. The molecule has 0 radical (unpaired) electrons. The highest BCUT2D eigenvalue weighted by molar-refractivity contribution is 5.85. The fourth-order valence-electron chi connectivity index (χ4n) is 3.13. The summed E-state index contributed by atoms with van der Waals surface area (Å²) in [5.41, 5.74) is 3.00. The SMILES string of the molecule is COc1cc(CNC(C)CCc2ccccc2)ccc1OCc1ccccc1F.Cl. The lowest BCUT2D eigenvalue weighted by Gasteiger charge is -2.16. The molecule has 3 aromatic carbocycles. The van der Waals surface area contributed by atoms with Gasteiger partial charge < -0.3 is 14.8 Å². The van der Waals surface area contributed by atoms with E-state index in [1.54, 1.807) is 25.3 Å². The van der Waals surface area contributed by atoms with Gasteiger partial charge in [-0.2, -0.15) is 0 Å². The van der Waals surface area contributed by atoms with Gasteiger partial charge in [0.15, 0.2) is 11.5 Å². The van der Waals surface area contributed by atoms with Crippen LogP contribution in [0.2, 0.25) is 0 Å². The molecule has 0 aromatic heterocycles. The van der Waals surface area contributed by atoms with Crippen molar-refractivity contribution < 1.29 is 13.9 Å². The van der Waals surface area contributed by atoms with Crippen molar-refractivity contribution in [2.45, 2.75) is 39.0 Å². The zero-order chi connectivity index (χ0) is 20.5. The number of methoxy groups -OCH3 is 1. The van der Waals surface area contributed by atoms with Gasteiger partial charge in [0.1, 0.15) is 12.4 Å². The third-order valence-electron chi connectivity index (χ3n) is 4.93. The number of rotatable bonds is 10. The quantitative estimate of drug-likeness (QED) is 0.432. The van der Waals surface area contributed by atoms with Crippen molar-refractivity contribution in [2.75, 3.05) is 7.11 Å². The van der Waals surface area contributed by atoms with Crippen molar-refractivity contribution >= 4 is 12.4 Å². The minimum atomic E-state index is -0.267. The molecule has 0 amide bonds. The summed E-state index contributed by atoms with van der Waals surface area (Å²) in [5.74, 6) is 0.992. The molecule has 30 heavy (non-hydrogen) atoms. The highest BCUT2D eigenvalue weighted by Crippen LogP contribution is 2.29. The number of benzene rings is 3. The molecule has 0 heterocycles. The van der Waals surface area contributed by atoms with Crippen molar-refractivity contribution in [3.63, 3.8) is 0 Å². The van der Waals surface area contributed by atoms with Crippen molar-refractivity contribution in [1.82, 2.24) is 5.32 Å². The Morgan fingerprint density at radius 1 is 0.900 bits per heavy atom. The van der Waals surface area contributed by atoms with Gasteiger partial charge in [0, 0.05) is 18.2 Å². The van der Waals surface area contributed by atoms with Crippen LogP contribution < -0.4 is 14.8 Å². The van der Waals surface area contributed by atoms with Crippen LogP contribution in [0.3, 0.4) is 0 Å². The lowest BCUT2D eigenvalue weighted by molar-refractivity contribution is 0.279. The van der Waals surface area contributed by atoms with E-state index in [-0.39, 0.29) is 24.8 Å². The molecule has 3 nitrogen and oxygen atoms in total. The molecule has 0 saturated carbocycles. The monoisotopic (exact) mass is 429 g/mol. The van der Waals surface area contributed by atoms with E-state index >= 15 is 0 Å². The van der Waals surface area contributed by atoms with E-state index in [9.17, 15) is 4.39 Å². The maximum Gasteiger partial charge on any atom is 0.161 e. The van der Waals surface area contributed by atoms with Crippen molar-refractivity contribution in [1.29, 1.82) is 0 Å². The fraction of sp³-hybridized carbons (Fsp3) is 0.280. The topological polar surface area (TPSA) is 30.5 Å². The van der Waals surface area contributed by atoms with Crippen LogP contribution in [0.25, 0.3) is 0 Å². The largest absolute Gasteiger partial charge is 0.493 e. The van der Waals surface area contributed by atoms with Gasteiger partial charge in [-0.05, 0) is 49.1 Å². The minimum Gasteiger partial charge on any atom is -0.493 e. The molecule has 1 unspecified atom stereocenters. The third kappa shape index (κ3) is 7.05. The first-order valence-corrected chi connectivity index (χ1v) is 9.96. The molecule has 1 N–H and O–H groups in total. The number of hydrogen-bond acceptors (Lipinski definition) is 3. The normalized spacial score (nSPS) is 11.4. The predicted octanol–water partition coefficient (Wildman–Crippen LogP) is 5.95. The van der Waals surface area contributed by atoms with E-state index in [1.807, 2.05) is 24.3 Å².